The summed E-state index contributed by atoms with van der Waals surface area (Å²) < 4.78 is 7.29. The summed E-state index contributed by atoms with van der Waals surface area (Å²) in [5.74, 6) is -0.0924. The second-order valence-electron chi connectivity index (χ2n) is 5.24. The van der Waals surface area contributed by atoms with E-state index in [0.717, 1.165) is 30.8 Å². The Kier molecular flexibility index (Phi) is 4.01. The molecule has 1 aromatic heterocycles. The summed E-state index contributed by atoms with van der Waals surface area (Å²) in [6.07, 6.45) is 3.86. The summed E-state index contributed by atoms with van der Waals surface area (Å²) in [6.45, 7) is 3.27. The van der Waals surface area contributed by atoms with Crippen LogP contribution in [0.15, 0.2) is 36.5 Å². The van der Waals surface area contributed by atoms with Crippen molar-refractivity contribution >= 4 is 5.91 Å². The minimum absolute atomic E-state index is 0.0924. The quantitative estimate of drug-likeness (QED) is 0.936. The van der Waals surface area contributed by atoms with E-state index in [1.807, 2.05) is 37.3 Å². The molecule has 21 heavy (non-hydrogen) atoms. The van der Waals surface area contributed by atoms with E-state index in [1.165, 1.54) is 0 Å². The van der Waals surface area contributed by atoms with Gasteiger partial charge in [0.25, 0.3) is 5.91 Å². The van der Waals surface area contributed by atoms with E-state index in [0.29, 0.717) is 12.1 Å². The second-order valence-corrected chi connectivity index (χ2v) is 5.24. The van der Waals surface area contributed by atoms with E-state index >= 15 is 0 Å². The van der Waals surface area contributed by atoms with Crippen LogP contribution in [-0.2, 0) is 4.74 Å². The van der Waals surface area contributed by atoms with Crippen LogP contribution >= 0.6 is 0 Å². The number of hydrogen-bond acceptors (Lipinski definition) is 3. The standard InChI is InChI=1S/C16H19N3O2/c1-12-15(16(20)17-10-14-8-5-9-21-14)11-18-19(12)13-6-3-2-4-7-13/h2-4,6-7,11,14H,5,8-10H2,1H3,(H,17,20). The summed E-state index contributed by atoms with van der Waals surface area (Å²) in [5.41, 5.74) is 2.40. The van der Waals surface area contributed by atoms with Crippen molar-refractivity contribution in [3.63, 3.8) is 0 Å². The molecule has 1 aromatic carbocycles. The molecule has 1 unspecified atom stereocenters. The third kappa shape index (κ3) is 2.97. The monoisotopic (exact) mass is 285 g/mol. The molecule has 0 spiro atoms. The Hall–Kier alpha value is -2.14. The molecule has 1 fully saturated rings. The van der Waals surface area contributed by atoms with Crippen LogP contribution in [0.3, 0.4) is 0 Å². The van der Waals surface area contributed by atoms with Crippen LogP contribution in [0.2, 0.25) is 0 Å². The first-order valence-electron chi connectivity index (χ1n) is 7.25. The first-order chi connectivity index (χ1) is 10.3. The van der Waals surface area contributed by atoms with Crippen LogP contribution in [-0.4, -0.2) is 34.9 Å². The Morgan fingerprint density at radius 3 is 2.95 bits per heavy atom. The van der Waals surface area contributed by atoms with Crippen molar-refractivity contribution in [1.29, 1.82) is 0 Å². The van der Waals surface area contributed by atoms with Gasteiger partial charge in [-0.1, -0.05) is 18.2 Å². The molecule has 0 bridgehead atoms. The Bertz CT molecular complexity index is 616. The number of hydrogen-bond donors (Lipinski definition) is 1. The summed E-state index contributed by atoms with van der Waals surface area (Å²) in [7, 11) is 0. The first-order valence-corrected chi connectivity index (χ1v) is 7.25. The maximum atomic E-state index is 12.2. The third-order valence-corrected chi connectivity index (χ3v) is 3.77. The number of para-hydroxylation sites is 1. The van der Waals surface area contributed by atoms with Gasteiger partial charge in [0.05, 0.1) is 29.2 Å². The Balaban J connectivity index is 1.71. The predicted molar refractivity (Wildman–Crippen MR) is 79.6 cm³/mol. The number of nitrogens with one attached hydrogen (secondary N) is 1. The van der Waals surface area contributed by atoms with Crippen molar-refractivity contribution in [3.8, 4) is 5.69 Å². The van der Waals surface area contributed by atoms with Crippen LogP contribution in [0.5, 0.6) is 0 Å². The lowest BCUT2D eigenvalue weighted by atomic mass is 10.2. The number of aromatic nitrogens is 2. The molecule has 5 heteroatoms. The minimum atomic E-state index is -0.0924. The van der Waals surface area contributed by atoms with Gasteiger partial charge < -0.3 is 10.1 Å². The molecule has 0 aliphatic carbocycles. The topological polar surface area (TPSA) is 56.1 Å². The van der Waals surface area contributed by atoms with Gasteiger partial charge in [0.15, 0.2) is 0 Å². The highest BCUT2D eigenvalue weighted by molar-refractivity contribution is 5.95. The summed E-state index contributed by atoms with van der Waals surface area (Å²) >= 11 is 0. The number of nitrogens with zero attached hydrogens (tertiary/aromatic N) is 2. The van der Waals surface area contributed by atoms with E-state index in [2.05, 4.69) is 10.4 Å². The minimum Gasteiger partial charge on any atom is -0.376 e. The van der Waals surface area contributed by atoms with E-state index in [4.69, 9.17) is 4.74 Å². The molecular formula is C16H19N3O2. The number of carbonyl (C=O) groups is 1. The average Bonchev–Trinajstić information content (AvgIpc) is 3.15. The van der Waals surface area contributed by atoms with Gasteiger partial charge in [-0.05, 0) is 31.9 Å². The number of carbonyl (C=O) groups excluding carboxylic acids is 1. The zero-order valence-electron chi connectivity index (χ0n) is 12.1. The van der Waals surface area contributed by atoms with Crippen LogP contribution in [0.25, 0.3) is 5.69 Å². The van der Waals surface area contributed by atoms with E-state index in [-0.39, 0.29) is 12.0 Å². The molecule has 0 saturated carbocycles. The van der Waals surface area contributed by atoms with E-state index in [9.17, 15) is 4.79 Å². The molecule has 2 aromatic rings. The van der Waals surface area contributed by atoms with Gasteiger partial charge >= 0.3 is 0 Å². The van der Waals surface area contributed by atoms with Crippen LogP contribution in [0, 0.1) is 6.92 Å². The summed E-state index contributed by atoms with van der Waals surface area (Å²) in [4.78, 5) is 12.2. The van der Waals surface area contributed by atoms with Crippen LogP contribution in [0.1, 0.15) is 28.9 Å². The fourth-order valence-electron chi connectivity index (χ4n) is 2.57. The highest BCUT2D eigenvalue weighted by Crippen LogP contribution is 2.14. The van der Waals surface area contributed by atoms with Gasteiger partial charge in [0, 0.05) is 13.2 Å². The fraction of sp³-hybridized carbons (Fsp3) is 0.375. The lowest BCUT2D eigenvalue weighted by molar-refractivity contribution is 0.0857. The van der Waals surface area contributed by atoms with Crippen molar-refractivity contribution < 1.29 is 9.53 Å². The molecule has 1 saturated heterocycles. The Morgan fingerprint density at radius 1 is 1.43 bits per heavy atom. The van der Waals surface area contributed by atoms with Gasteiger partial charge in [-0.25, -0.2) is 4.68 Å². The summed E-state index contributed by atoms with van der Waals surface area (Å²) in [6, 6.07) is 9.79. The van der Waals surface area contributed by atoms with Gasteiger partial charge in [0.1, 0.15) is 0 Å². The maximum Gasteiger partial charge on any atom is 0.254 e. The highest BCUT2D eigenvalue weighted by atomic mass is 16.5. The SMILES string of the molecule is Cc1c(C(=O)NCC2CCCO2)cnn1-c1ccccc1. The van der Waals surface area contributed by atoms with Gasteiger partial charge in [-0.3, -0.25) is 4.79 Å². The smallest absolute Gasteiger partial charge is 0.254 e. The lowest BCUT2D eigenvalue weighted by Gasteiger charge is -2.10. The maximum absolute atomic E-state index is 12.2. The molecule has 1 aliphatic heterocycles. The highest BCUT2D eigenvalue weighted by Gasteiger charge is 2.19. The second kappa shape index (κ2) is 6.10. The Morgan fingerprint density at radius 2 is 2.24 bits per heavy atom. The van der Waals surface area contributed by atoms with Crippen LogP contribution in [0.4, 0.5) is 0 Å². The molecular weight excluding hydrogens is 266 g/mol. The third-order valence-electron chi connectivity index (χ3n) is 3.77. The number of ether oxygens (including phenoxy) is 1. The number of rotatable bonds is 4. The number of amides is 1. The lowest BCUT2D eigenvalue weighted by Crippen LogP contribution is -2.32. The molecule has 3 rings (SSSR count). The molecule has 1 N–H and O–H groups in total. The fourth-order valence-corrected chi connectivity index (χ4v) is 2.57. The van der Waals surface area contributed by atoms with Gasteiger partial charge in [-0.15, -0.1) is 0 Å². The van der Waals surface area contributed by atoms with Crippen molar-refractivity contribution in [2.45, 2.75) is 25.9 Å². The molecule has 110 valence electrons. The van der Waals surface area contributed by atoms with Crippen molar-refractivity contribution in [2.75, 3.05) is 13.2 Å². The van der Waals surface area contributed by atoms with E-state index in [1.54, 1.807) is 10.9 Å². The molecule has 1 amide bonds. The number of benzene rings is 1. The predicted octanol–water partition coefficient (Wildman–Crippen LogP) is 2.09. The normalized spacial score (nSPS) is 17.9. The summed E-state index contributed by atoms with van der Waals surface area (Å²) in [5, 5.41) is 7.24. The molecule has 5 nitrogen and oxygen atoms in total. The zero-order valence-corrected chi connectivity index (χ0v) is 12.1. The van der Waals surface area contributed by atoms with E-state index < -0.39 is 0 Å². The Labute approximate surface area is 123 Å². The molecule has 1 atom stereocenters. The van der Waals surface area contributed by atoms with Gasteiger partial charge in [0.2, 0.25) is 0 Å². The molecule has 0 radical (unpaired) electrons. The van der Waals surface area contributed by atoms with Crippen molar-refractivity contribution in [2.24, 2.45) is 0 Å². The average molecular weight is 285 g/mol. The van der Waals surface area contributed by atoms with Gasteiger partial charge in [-0.2, -0.15) is 5.10 Å². The van der Waals surface area contributed by atoms with Crippen molar-refractivity contribution in [1.82, 2.24) is 15.1 Å². The van der Waals surface area contributed by atoms with Crippen molar-refractivity contribution in [3.05, 3.63) is 47.8 Å². The zero-order chi connectivity index (χ0) is 14.7. The first kappa shape index (κ1) is 13.8. The largest absolute Gasteiger partial charge is 0.376 e. The molecule has 2 heterocycles. The van der Waals surface area contributed by atoms with Crippen LogP contribution < -0.4 is 5.32 Å². The molecule has 1 aliphatic rings.